The van der Waals surface area contributed by atoms with Crippen LogP contribution in [0.3, 0.4) is 0 Å². The summed E-state index contributed by atoms with van der Waals surface area (Å²) < 4.78 is 0. The van der Waals surface area contributed by atoms with Crippen LogP contribution in [0.1, 0.15) is 25.3 Å². The van der Waals surface area contributed by atoms with Gasteiger partial charge >= 0.3 is 0 Å². The molecular weight excluding hydrogens is 208 g/mol. The van der Waals surface area contributed by atoms with Gasteiger partial charge in [0.05, 0.1) is 0 Å². The smallest absolute Gasteiger partial charge is 0.136 e. The lowest BCUT2D eigenvalue weighted by Gasteiger charge is -2.19. The molecule has 0 bridgehead atoms. The van der Waals surface area contributed by atoms with Gasteiger partial charge in [-0.05, 0) is 36.3 Å². The molecule has 0 spiro atoms. The molecule has 2 aromatic rings. The van der Waals surface area contributed by atoms with E-state index in [4.69, 9.17) is 0 Å². The number of pyridine rings is 1. The van der Waals surface area contributed by atoms with Crippen molar-refractivity contribution in [1.29, 1.82) is 0 Å². The van der Waals surface area contributed by atoms with E-state index in [2.05, 4.69) is 48.1 Å². The molecule has 0 amide bonds. The van der Waals surface area contributed by atoms with E-state index in [1.54, 1.807) is 0 Å². The first-order valence-corrected chi connectivity index (χ1v) is 6.40. The number of hydrogen-bond acceptors (Lipinski definition) is 2. The van der Waals surface area contributed by atoms with Gasteiger partial charge in [0.1, 0.15) is 5.82 Å². The molecule has 1 fully saturated rings. The van der Waals surface area contributed by atoms with Gasteiger partial charge in [-0.1, -0.05) is 25.1 Å². The monoisotopic (exact) mass is 226 g/mol. The highest BCUT2D eigenvalue weighted by Crippen LogP contribution is 2.33. The fourth-order valence-corrected chi connectivity index (χ4v) is 2.48. The molecule has 0 N–H and O–H groups in total. The molecule has 1 aromatic heterocycles. The molecule has 1 aliphatic rings. The molecule has 1 aliphatic carbocycles. The molecule has 0 saturated heterocycles. The minimum absolute atomic E-state index is 0.707. The summed E-state index contributed by atoms with van der Waals surface area (Å²) in [5, 5.41) is 2.65. The van der Waals surface area contributed by atoms with Crippen LogP contribution < -0.4 is 4.90 Å². The number of benzene rings is 1. The number of rotatable bonds is 3. The Balaban J connectivity index is 2.18. The maximum Gasteiger partial charge on any atom is 0.136 e. The molecule has 0 aliphatic heterocycles. The quantitative estimate of drug-likeness (QED) is 0.797. The Morgan fingerprint density at radius 3 is 2.76 bits per heavy atom. The summed E-state index contributed by atoms with van der Waals surface area (Å²) in [6.07, 6.45) is 5.63. The lowest BCUT2D eigenvalue weighted by atomic mass is 10.0. The molecule has 0 radical (unpaired) electrons. The summed E-state index contributed by atoms with van der Waals surface area (Å²) in [5.74, 6) is 1.14. The summed E-state index contributed by atoms with van der Waals surface area (Å²) >= 11 is 0. The summed E-state index contributed by atoms with van der Waals surface area (Å²) in [5.41, 5.74) is 1.41. The van der Waals surface area contributed by atoms with Gasteiger partial charge in [0.25, 0.3) is 0 Å². The second kappa shape index (κ2) is 4.02. The fraction of sp³-hybridized carbons (Fsp3) is 0.400. The maximum atomic E-state index is 4.57. The van der Waals surface area contributed by atoms with Gasteiger partial charge in [0, 0.05) is 24.7 Å². The van der Waals surface area contributed by atoms with Gasteiger partial charge in [-0.3, -0.25) is 0 Å². The van der Waals surface area contributed by atoms with Crippen LogP contribution >= 0.6 is 0 Å². The van der Waals surface area contributed by atoms with Gasteiger partial charge in [-0.2, -0.15) is 0 Å². The van der Waals surface area contributed by atoms with E-state index in [0.717, 1.165) is 12.2 Å². The van der Waals surface area contributed by atoms with Crippen LogP contribution in [0.5, 0.6) is 0 Å². The van der Waals surface area contributed by atoms with Gasteiger partial charge in [-0.15, -0.1) is 0 Å². The van der Waals surface area contributed by atoms with Crippen molar-refractivity contribution in [2.45, 2.75) is 32.2 Å². The van der Waals surface area contributed by atoms with Gasteiger partial charge in [-0.25, -0.2) is 4.98 Å². The summed E-state index contributed by atoms with van der Waals surface area (Å²) in [4.78, 5) is 6.90. The normalized spacial score (nSPS) is 15.2. The predicted molar refractivity (Wildman–Crippen MR) is 72.5 cm³/mol. The molecule has 2 heteroatoms. The van der Waals surface area contributed by atoms with Crippen LogP contribution in [0, 0.1) is 0 Å². The van der Waals surface area contributed by atoms with Gasteiger partial charge < -0.3 is 4.90 Å². The number of anilines is 1. The van der Waals surface area contributed by atoms with E-state index in [9.17, 15) is 0 Å². The molecule has 1 heterocycles. The average molecular weight is 226 g/mol. The van der Waals surface area contributed by atoms with Crippen LogP contribution in [0.2, 0.25) is 0 Å². The van der Waals surface area contributed by atoms with E-state index in [-0.39, 0.29) is 0 Å². The van der Waals surface area contributed by atoms with E-state index >= 15 is 0 Å². The summed E-state index contributed by atoms with van der Waals surface area (Å²) in [6, 6.07) is 9.39. The van der Waals surface area contributed by atoms with Crippen molar-refractivity contribution in [2.75, 3.05) is 11.9 Å². The van der Waals surface area contributed by atoms with E-state index in [0.29, 0.717) is 6.04 Å². The highest BCUT2D eigenvalue weighted by molar-refractivity contribution is 5.94. The predicted octanol–water partition coefficient (Wildman–Crippen LogP) is 3.40. The van der Waals surface area contributed by atoms with Crippen LogP contribution in [0.4, 0.5) is 5.82 Å². The molecular formula is C15H18N2. The third-order valence-electron chi connectivity index (χ3n) is 3.68. The Morgan fingerprint density at radius 1 is 1.24 bits per heavy atom. The first kappa shape index (κ1) is 10.6. The minimum atomic E-state index is 0.707. The number of hydrogen-bond donors (Lipinski definition) is 0. The van der Waals surface area contributed by atoms with Gasteiger partial charge in [0.2, 0.25) is 0 Å². The SMILES string of the molecule is CCc1cccc2c(N(C)C3CC3)nccc12. The van der Waals surface area contributed by atoms with Crippen molar-refractivity contribution in [3.8, 4) is 0 Å². The first-order chi connectivity index (χ1) is 8.31. The highest BCUT2D eigenvalue weighted by atomic mass is 15.2. The molecule has 17 heavy (non-hydrogen) atoms. The van der Waals surface area contributed by atoms with E-state index in [1.165, 1.54) is 29.2 Å². The zero-order chi connectivity index (χ0) is 11.8. The standard InChI is InChI=1S/C15H18N2/c1-3-11-5-4-6-14-13(11)9-10-16-15(14)17(2)12-7-8-12/h4-6,9-10,12H,3,7-8H2,1-2H3. The number of fused-ring (bicyclic) bond motifs is 1. The van der Waals surface area contributed by atoms with Crippen molar-refractivity contribution in [2.24, 2.45) is 0 Å². The molecule has 88 valence electrons. The topological polar surface area (TPSA) is 16.1 Å². The summed E-state index contributed by atoms with van der Waals surface area (Å²) in [7, 11) is 2.16. The van der Waals surface area contributed by atoms with E-state index in [1.807, 2.05) is 6.20 Å². The van der Waals surface area contributed by atoms with Crippen molar-refractivity contribution < 1.29 is 0 Å². The van der Waals surface area contributed by atoms with E-state index < -0.39 is 0 Å². The van der Waals surface area contributed by atoms with Crippen molar-refractivity contribution in [3.63, 3.8) is 0 Å². The molecule has 0 unspecified atom stereocenters. The van der Waals surface area contributed by atoms with Crippen LogP contribution in [0.15, 0.2) is 30.5 Å². The summed E-state index contributed by atoms with van der Waals surface area (Å²) in [6.45, 7) is 2.21. The molecule has 1 aromatic carbocycles. The van der Waals surface area contributed by atoms with Crippen LogP contribution in [0.25, 0.3) is 10.8 Å². The maximum absolute atomic E-state index is 4.57. The Morgan fingerprint density at radius 2 is 2.06 bits per heavy atom. The Bertz CT molecular complexity index is 544. The third-order valence-corrected chi connectivity index (χ3v) is 3.68. The number of nitrogens with zero attached hydrogens (tertiary/aromatic N) is 2. The third kappa shape index (κ3) is 1.78. The lowest BCUT2D eigenvalue weighted by Crippen LogP contribution is -2.20. The zero-order valence-electron chi connectivity index (χ0n) is 10.5. The van der Waals surface area contributed by atoms with Crippen molar-refractivity contribution >= 4 is 16.6 Å². The molecule has 3 rings (SSSR count). The Hall–Kier alpha value is -1.57. The lowest BCUT2D eigenvalue weighted by molar-refractivity contribution is 0.899. The first-order valence-electron chi connectivity index (χ1n) is 6.40. The Kier molecular flexibility index (Phi) is 2.50. The minimum Gasteiger partial charge on any atom is -0.356 e. The second-order valence-electron chi connectivity index (χ2n) is 4.84. The molecule has 0 atom stereocenters. The molecule has 2 nitrogen and oxygen atoms in total. The van der Waals surface area contributed by atoms with Crippen molar-refractivity contribution in [3.05, 3.63) is 36.0 Å². The van der Waals surface area contributed by atoms with Crippen LogP contribution in [-0.2, 0) is 6.42 Å². The van der Waals surface area contributed by atoms with Gasteiger partial charge in [0.15, 0.2) is 0 Å². The van der Waals surface area contributed by atoms with Crippen molar-refractivity contribution in [1.82, 2.24) is 4.98 Å². The second-order valence-corrected chi connectivity index (χ2v) is 4.84. The average Bonchev–Trinajstić information content (AvgIpc) is 3.20. The Labute approximate surface area is 102 Å². The van der Waals surface area contributed by atoms with Crippen LogP contribution in [-0.4, -0.2) is 18.1 Å². The highest BCUT2D eigenvalue weighted by Gasteiger charge is 2.27. The zero-order valence-corrected chi connectivity index (χ0v) is 10.5. The fourth-order valence-electron chi connectivity index (χ4n) is 2.48. The largest absolute Gasteiger partial charge is 0.356 e. The molecule has 1 saturated carbocycles. The number of aryl methyl sites for hydroxylation is 1. The number of aromatic nitrogens is 1.